The second-order valence-electron chi connectivity index (χ2n) is 5.03. The van der Waals surface area contributed by atoms with E-state index in [9.17, 15) is 9.59 Å². The van der Waals surface area contributed by atoms with Gasteiger partial charge >= 0.3 is 5.97 Å². The molecule has 6 nitrogen and oxygen atoms in total. The van der Waals surface area contributed by atoms with Gasteiger partial charge in [0.1, 0.15) is 5.69 Å². The number of hydrogen-bond acceptors (Lipinski definition) is 4. The third kappa shape index (κ3) is 3.51. The van der Waals surface area contributed by atoms with E-state index in [2.05, 4.69) is 10.3 Å². The molecule has 0 saturated heterocycles. The van der Waals surface area contributed by atoms with Gasteiger partial charge in [0.2, 0.25) is 5.91 Å². The van der Waals surface area contributed by atoms with E-state index in [0.717, 1.165) is 25.7 Å². The zero-order chi connectivity index (χ0) is 13.9. The van der Waals surface area contributed by atoms with Gasteiger partial charge in [-0.25, -0.2) is 9.78 Å². The number of anilines is 1. The molecule has 4 N–H and O–H groups in total. The minimum atomic E-state index is -1.09. The Hall–Kier alpha value is -1.95. The Bertz CT molecular complexity index is 478. The summed E-state index contributed by atoms with van der Waals surface area (Å²) in [5, 5.41) is 11.4. The van der Waals surface area contributed by atoms with Gasteiger partial charge in [0.25, 0.3) is 0 Å². The number of carbonyl (C=O) groups is 2. The summed E-state index contributed by atoms with van der Waals surface area (Å²) in [5.74, 6) is -1.25. The largest absolute Gasteiger partial charge is 0.477 e. The first-order chi connectivity index (χ1) is 8.98. The molecule has 1 fully saturated rings. The number of nitrogens with two attached hydrogens (primary N) is 1. The fraction of sp³-hybridized carbons (Fsp3) is 0.462. The summed E-state index contributed by atoms with van der Waals surface area (Å²) in [6.07, 6.45) is 5.50. The number of hydrogen-bond donors (Lipinski definition) is 3. The lowest BCUT2D eigenvalue weighted by atomic mass is 9.94. The van der Waals surface area contributed by atoms with Gasteiger partial charge in [0, 0.05) is 12.0 Å². The molecular formula is C13H17N3O3. The Morgan fingerprint density at radius 1 is 1.37 bits per heavy atom. The Labute approximate surface area is 111 Å². The Morgan fingerprint density at radius 2 is 2.05 bits per heavy atom. The number of rotatable bonds is 4. The van der Waals surface area contributed by atoms with E-state index in [1.165, 1.54) is 18.3 Å². The highest BCUT2D eigenvalue weighted by molar-refractivity contribution is 5.92. The summed E-state index contributed by atoms with van der Waals surface area (Å²) in [5.41, 5.74) is 6.16. The SMILES string of the molecule is NC1(CC(=O)Nc2ccc(C(=O)O)nc2)CCCC1. The number of amides is 1. The molecule has 0 aromatic carbocycles. The van der Waals surface area contributed by atoms with E-state index in [1.807, 2.05) is 0 Å². The Kier molecular flexibility index (Phi) is 3.80. The molecule has 1 aliphatic carbocycles. The van der Waals surface area contributed by atoms with Gasteiger partial charge in [0.15, 0.2) is 0 Å². The molecule has 1 heterocycles. The highest BCUT2D eigenvalue weighted by atomic mass is 16.4. The van der Waals surface area contributed by atoms with Crippen LogP contribution in [0.2, 0.25) is 0 Å². The second-order valence-corrected chi connectivity index (χ2v) is 5.03. The van der Waals surface area contributed by atoms with Crippen LogP contribution >= 0.6 is 0 Å². The number of carboxylic acid groups (broad SMARTS) is 1. The standard InChI is InChI=1S/C13H17N3O3/c14-13(5-1-2-6-13)7-11(17)16-9-3-4-10(12(18)19)15-8-9/h3-4,8H,1-2,5-7,14H2,(H,16,17)(H,18,19). The zero-order valence-electron chi connectivity index (χ0n) is 10.6. The summed E-state index contributed by atoms with van der Waals surface area (Å²) >= 11 is 0. The summed E-state index contributed by atoms with van der Waals surface area (Å²) in [6.45, 7) is 0. The molecule has 1 aromatic heterocycles. The molecule has 6 heteroatoms. The number of carbonyl (C=O) groups excluding carboxylic acids is 1. The van der Waals surface area contributed by atoms with Crippen molar-refractivity contribution in [3.63, 3.8) is 0 Å². The first kappa shape index (κ1) is 13.5. The molecule has 0 unspecified atom stereocenters. The maximum atomic E-state index is 11.9. The molecule has 1 saturated carbocycles. The van der Waals surface area contributed by atoms with Crippen LogP contribution in [0, 0.1) is 0 Å². The lowest BCUT2D eigenvalue weighted by Crippen LogP contribution is -2.40. The molecule has 102 valence electrons. The van der Waals surface area contributed by atoms with Crippen LogP contribution in [0.5, 0.6) is 0 Å². The van der Waals surface area contributed by atoms with Crippen LogP contribution in [0.1, 0.15) is 42.6 Å². The van der Waals surface area contributed by atoms with E-state index in [0.29, 0.717) is 5.69 Å². The first-order valence-electron chi connectivity index (χ1n) is 6.27. The van der Waals surface area contributed by atoms with Crippen molar-refractivity contribution in [3.05, 3.63) is 24.0 Å². The highest BCUT2D eigenvalue weighted by Gasteiger charge is 2.31. The van der Waals surface area contributed by atoms with Crippen LogP contribution in [-0.2, 0) is 4.79 Å². The molecule has 1 aliphatic rings. The molecule has 1 aromatic rings. The van der Waals surface area contributed by atoms with Crippen molar-refractivity contribution >= 4 is 17.6 Å². The van der Waals surface area contributed by atoms with E-state index >= 15 is 0 Å². The van der Waals surface area contributed by atoms with Crippen molar-refractivity contribution in [2.45, 2.75) is 37.6 Å². The normalized spacial score (nSPS) is 17.1. The Balaban J connectivity index is 1.93. The topological polar surface area (TPSA) is 105 Å². The minimum Gasteiger partial charge on any atom is -0.477 e. The highest BCUT2D eigenvalue weighted by Crippen LogP contribution is 2.30. The molecule has 0 atom stereocenters. The number of aromatic nitrogens is 1. The lowest BCUT2D eigenvalue weighted by Gasteiger charge is -2.22. The van der Waals surface area contributed by atoms with Gasteiger partial charge in [-0.2, -0.15) is 0 Å². The lowest BCUT2D eigenvalue weighted by molar-refractivity contribution is -0.117. The smallest absolute Gasteiger partial charge is 0.354 e. The molecule has 0 spiro atoms. The molecule has 0 aliphatic heterocycles. The number of pyridine rings is 1. The maximum Gasteiger partial charge on any atom is 0.354 e. The summed E-state index contributed by atoms with van der Waals surface area (Å²) in [4.78, 5) is 26.2. The fourth-order valence-corrected chi connectivity index (χ4v) is 2.38. The summed E-state index contributed by atoms with van der Waals surface area (Å²) in [6, 6.07) is 2.87. The first-order valence-corrected chi connectivity index (χ1v) is 6.27. The van der Waals surface area contributed by atoms with Crippen LogP contribution in [0.4, 0.5) is 5.69 Å². The van der Waals surface area contributed by atoms with Gasteiger partial charge in [0.05, 0.1) is 11.9 Å². The van der Waals surface area contributed by atoms with Gasteiger partial charge in [-0.05, 0) is 25.0 Å². The summed E-state index contributed by atoms with van der Waals surface area (Å²) < 4.78 is 0. The zero-order valence-corrected chi connectivity index (χ0v) is 10.6. The summed E-state index contributed by atoms with van der Waals surface area (Å²) in [7, 11) is 0. The van der Waals surface area contributed by atoms with Crippen LogP contribution in [0.15, 0.2) is 18.3 Å². The number of carboxylic acids is 1. The molecule has 19 heavy (non-hydrogen) atoms. The van der Waals surface area contributed by atoms with Gasteiger partial charge < -0.3 is 16.2 Å². The van der Waals surface area contributed by atoms with Gasteiger partial charge in [-0.15, -0.1) is 0 Å². The van der Waals surface area contributed by atoms with Crippen molar-refractivity contribution in [1.29, 1.82) is 0 Å². The van der Waals surface area contributed by atoms with Crippen LogP contribution in [0.25, 0.3) is 0 Å². The van der Waals surface area contributed by atoms with E-state index in [4.69, 9.17) is 10.8 Å². The quantitative estimate of drug-likeness (QED) is 0.761. The third-order valence-electron chi connectivity index (χ3n) is 3.38. The maximum absolute atomic E-state index is 11.9. The van der Waals surface area contributed by atoms with Crippen molar-refractivity contribution in [3.8, 4) is 0 Å². The molecular weight excluding hydrogens is 246 g/mol. The molecule has 1 amide bonds. The van der Waals surface area contributed by atoms with Crippen LogP contribution in [0.3, 0.4) is 0 Å². The van der Waals surface area contributed by atoms with E-state index in [-0.39, 0.29) is 18.0 Å². The Morgan fingerprint density at radius 3 is 2.58 bits per heavy atom. The second kappa shape index (κ2) is 5.36. The van der Waals surface area contributed by atoms with E-state index < -0.39 is 11.5 Å². The van der Waals surface area contributed by atoms with Crippen LogP contribution in [-0.4, -0.2) is 27.5 Å². The molecule has 2 rings (SSSR count). The number of aromatic carboxylic acids is 1. The number of nitrogens with zero attached hydrogens (tertiary/aromatic N) is 1. The van der Waals surface area contributed by atoms with Gasteiger partial charge in [-0.1, -0.05) is 12.8 Å². The predicted octanol–water partition coefficient (Wildman–Crippen LogP) is 1.38. The average molecular weight is 263 g/mol. The van der Waals surface area contributed by atoms with Crippen LogP contribution < -0.4 is 11.1 Å². The van der Waals surface area contributed by atoms with Crippen molar-refractivity contribution in [1.82, 2.24) is 4.98 Å². The van der Waals surface area contributed by atoms with Crippen molar-refractivity contribution in [2.24, 2.45) is 5.73 Å². The molecule has 0 bridgehead atoms. The average Bonchev–Trinajstić information content (AvgIpc) is 2.76. The monoisotopic (exact) mass is 263 g/mol. The van der Waals surface area contributed by atoms with E-state index in [1.54, 1.807) is 0 Å². The van der Waals surface area contributed by atoms with Crippen molar-refractivity contribution in [2.75, 3.05) is 5.32 Å². The van der Waals surface area contributed by atoms with Crippen molar-refractivity contribution < 1.29 is 14.7 Å². The predicted molar refractivity (Wildman–Crippen MR) is 69.8 cm³/mol. The number of nitrogens with one attached hydrogen (secondary N) is 1. The molecule has 0 radical (unpaired) electrons. The minimum absolute atomic E-state index is 0.0518. The van der Waals surface area contributed by atoms with Gasteiger partial charge in [-0.3, -0.25) is 4.79 Å². The third-order valence-corrected chi connectivity index (χ3v) is 3.38. The fourth-order valence-electron chi connectivity index (χ4n) is 2.38.